The molecule has 0 amide bonds. The number of nitrogens with zero attached hydrogens (tertiary/aromatic N) is 3. The largest absolute Gasteiger partial charge is 0.310 e. The van der Waals surface area contributed by atoms with Gasteiger partial charge in [0, 0.05) is 53.4 Å². The summed E-state index contributed by atoms with van der Waals surface area (Å²) in [5.74, 6) is 0. The number of rotatable bonds is 7. The van der Waals surface area contributed by atoms with Crippen LogP contribution in [-0.2, 0) is 0 Å². The SMILES string of the molecule is CN=C(c1ccccc1)c1cccc(N(c2ccccc2)c2cccc(C(=NC)c3ccccc3)c2)c1. The van der Waals surface area contributed by atoms with Crippen molar-refractivity contribution >= 4 is 28.5 Å². The van der Waals surface area contributed by atoms with E-state index in [1.807, 2.05) is 56.6 Å². The number of benzene rings is 5. The van der Waals surface area contributed by atoms with E-state index in [-0.39, 0.29) is 0 Å². The van der Waals surface area contributed by atoms with E-state index in [0.717, 1.165) is 50.7 Å². The summed E-state index contributed by atoms with van der Waals surface area (Å²) in [7, 11) is 3.70. The highest BCUT2D eigenvalue weighted by atomic mass is 15.1. The Morgan fingerprint density at radius 3 is 1.16 bits per heavy atom. The molecule has 0 spiro atoms. The minimum atomic E-state index is 0.966. The van der Waals surface area contributed by atoms with E-state index in [2.05, 4.69) is 112 Å². The Bertz CT molecular complexity index is 1420. The Balaban J connectivity index is 1.62. The molecule has 37 heavy (non-hydrogen) atoms. The monoisotopic (exact) mass is 479 g/mol. The number of para-hydroxylation sites is 1. The Morgan fingerprint density at radius 1 is 0.405 bits per heavy atom. The summed E-state index contributed by atoms with van der Waals surface area (Å²) >= 11 is 0. The second-order valence-corrected chi connectivity index (χ2v) is 8.65. The Hall–Kier alpha value is -4.76. The Labute approximate surface area is 219 Å². The highest BCUT2D eigenvalue weighted by Gasteiger charge is 2.16. The highest BCUT2D eigenvalue weighted by Crippen LogP contribution is 2.35. The third-order valence-electron chi connectivity index (χ3n) is 6.31. The molecule has 0 fully saturated rings. The fourth-order valence-electron chi connectivity index (χ4n) is 4.65. The molecule has 0 saturated carbocycles. The van der Waals surface area contributed by atoms with Crippen molar-refractivity contribution in [3.05, 3.63) is 162 Å². The molecule has 180 valence electrons. The fourth-order valence-corrected chi connectivity index (χ4v) is 4.65. The van der Waals surface area contributed by atoms with Crippen LogP contribution >= 0.6 is 0 Å². The van der Waals surface area contributed by atoms with Crippen molar-refractivity contribution in [2.45, 2.75) is 0 Å². The minimum Gasteiger partial charge on any atom is -0.310 e. The molecule has 5 rings (SSSR count). The van der Waals surface area contributed by atoms with Gasteiger partial charge in [0.15, 0.2) is 0 Å². The zero-order chi connectivity index (χ0) is 25.5. The van der Waals surface area contributed by atoms with Gasteiger partial charge in [0.1, 0.15) is 0 Å². The molecule has 5 aromatic rings. The third kappa shape index (κ3) is 5.26. The van der Waals surface area contributed by atoms with E-state index in [9.17, 15) is 0 Å². The van der Waals surface area contributed by atoms with Gasteiger partial charge in [-0.2, -0.15) is 0 Å². The van der Waals surface area contributed by atoms with Gasteiger partial charge in [-0.15, -0.1) is 0 Å². The summed E-state index contributed by atoms with van der Waals surface area (Å²) in [6.45, 7) is 0. The molecule has 0 aliphatic rings. The highest BCUT2D eigenvalue weighted by molar-refractivity contribution is 6.14. The molecule has 0 aliphatic heterocycles. The Morgan fingerprint density at radius 2 is 0.757 bits per heavy atom. The molecule has 3 nitrogen and oxygen atoms in total. The van der Waals surface area contributed by atoms with Crippen molar-refractivity contribution in [3.8, 4) is 0 Å². The van der Waals surface area contributed by atoms with Gasteiger partial charge in [-0.25, -0.2) is 0 Å². The second-order valence-electron chi connectivity index (χ2n) is 8.65. The summed E-state index contributed by atoms with van der Waals surface area (Å²) in [5.41, 5.74) is 9.49. The van der Waals surface area contributed by atoms with Crippen molar-refractivity contribution in [2.75, 3.05) is 19.0 Å². The molecule has 0 aromatic heterocycles. The average molecular weight is 480 g/mol. The normalized spacial score (nSPS) is 11.8. The van der Waals surface area contributed by atoms with Gasteiger partial charge in [-0.3, -0.25) is 9.98 Å². The van der Waals surface area contributed by atoms with Crippen LogP contribution in [-0.4, -0.2) is 25.5 Å². The van der Waals surface area contributed by atoms with Gasteiger partial charge < -0.3 is 4.90 Å². The molecule has 5 aromatic carbocycles. The molecule has 0 saturated heterocycles. The first-order valence-electron chi connectivity index (χ1n) is 12.4. The van der Waals surface area contributed by atoms with Gasteiger partial charge in [0.2, 0.25) is 0 Å². The number of anilines is 3. The third-order valence-corrected chi connectivity index (χ3v) is 6.31. The first-order valence-corrected chi connectivity index (χ1v) is 12.4. The van der Waals surface area contributed by atoms with Crippen LogP contribution in [0.2, 0.25) is 0 Å². The van der Waals surface area contributed by atoms with Crippen LogP contribution in [0.4, 0.5) is 17.1 Å². The van der Waals surface area contributed by atoms with Gasteiger partial charge in [-0.1, -0.05) is 103 Å². The number of hydrogen-bond acceptors (Lipinski definition) is 3. The first-order chi connectivity index (χ1) is 18.3. The molecular weight excluding hydrogens is 450 g/mol. The predicted molar refractivity (Wildman–Crippen MR) is 157 cm³/mol. The summed E-state index contributed by atoms with van der Waals surface area (Å²) in [6, 6.07) is 48.3. The molecule has 0 radical (unpaired) electrons. The first kappa shape index (κ1) is 24.0. The zero-order valence-corrected chi connectivity index (χ0v) is 21.1. The van der Waals surface area contributed by atoms with Crippen molar-refractivity contribution in [1.29, 1.82) is 0 Å². The molecule has 0 heterocycles. The molecule has 0 unspecified atom stereocenters. The van der Waals surface area contributed by atoms with Crippen LogP contribution < -0.4 is 4.90 Å². The van der Waals surface area contributed by atoms with E-state index in [0.29, 0.717) is 0 Å². The lowest BCUT2D eigenvalue weighted by atomic mass is 10.00. The van der Waals surface area contributed by atoms with Crippen LogP contribution in [0.5, 0.6) is 0 Å². The van der Waals surface area contributed by atoms with Gasteiger partial charge in [-0.05, 0) is 36.4 Å². The quantitative estimate of drug-likeness (QED) is 0.217. The topological polar surface area (TPSA) is 28.0 Å². The molecule has 0 N–H and O–H groups in total. The van der Waals surface area contributed by atoms with Gasteiger partial charge in [0.25, 0.3) is 0 Å². The van der Waals surface area contributed by atoms with Gasteiger partial charge >= 0.3 is 0 Å². The molecule has 0 bridgehead atoms. The number of hydrogen-bond donors (Lipinski definition) is 0. The maximum absolute atomic E-state index is 4.64. The Kier molecular flexibility index (Phi) is 7.33. The van der Waals surface area contributed by atoms with Crippen LogP contribution in [0, 0.1) is 0 Å². The fraction of sp³-hybridized carbons (Fsp3) is 0.0588. The van der Waals surface area contributed by atoms with Crippen molar-refractivity contribution in [1.82, 2.24) is 0 Å². The van der Waals surface area contributed by atoms with E-state index in [1.165, 1.54) is 0 Å². The second kappa shape index (κ2) is 11.3. The summed E-state index contributed by atoms with van der Waals surface area (Å²) < 4.78 is 0. The van der Waals surface area contributed by atoms with Crippen LogP contribution in [0.25, 0.3) is 0 Å². The molecular formula is C34H29N3. The van der Waals surface area contributed by atoms with Crippen molar-refractivity contribution in [3.63, 3.8) is 0 Å². The van der Waals surface area contributed by atoms with Gasteiger partial charge in [0.05, 0.1) is 11.4 Å². The lowest BCUT2D eigenvalue weighted by molar-refractivity contribution is 1.27. The summed E-state index contributed by atoms with van der Waals surface area (Å²) in [5, 5.41) is 0. The van der Waals surface area contributed by atoms with Crippen molar-refractivity contribution < 1.29 is 0 Å². The minimum absolute atomic E-state index is 0.966. The maximum Gasteiger partial charge on any atom is 0.0716 e. The van der Waals surface area contributed by atoms with E-state index in [4.69, 9.17) is 0 Å². The number of aliphatic imine (C=N–C) groups is 2. The molecule has 0 aliphatic carbocycles. The maximum atomic E-state index is 4.64. The molecule has 0 atom stereocenters. The zero-order valence-electron chi connectivity index (χ0n) is 21.1. The van der Waals surface area contributed by atoms with Crippen LogP contribution in [0.3, 0.4) is 0 Å². The van der Waals surface area contributed by atoms with E-state index < -0.39 is 0 Å². The summed E-state index contributed by atoms with van der Waals surface area (Å²) in [4.78, 5) is 11.6. The molecule has 3 heteroatoms. The lowest BCUT2D eigenvalue weighted by Crippen LogP contribution is -2.12. The van der Waals surface area contributed by atoms with E-state index >= 15 is 0 Å². The smallest absolute Gasteiger partial charge is 0.0716 e. The van der Waals surface area contributed by atoms with Crippen molar-refractivity contribution in [2.24, 2.45) is 9.98 Å². The summed E-state index contributed by atoms with van der Waals surface area (Å²) in [6.07, 6.45) is 0. The average Bonchev–Trinajstić information content (AvgIpc) is 2.96. The van der Waals surface area contributed by atoms with Crippen LogP contribution in [0.1, 0.15) is 22.3 Å². The lowest BCUT2D eigenvalue weighted by Gasteiger charge is -2.26. The standard InChI is InChI=1S/C34H29N3/c1-35-33(26-14-6-3-7-15-26)28-18-12-22-31(24-28)37(30-20-10-5-11-21-30)32-23-13-19-29(25-32)34(36-2)27-16-8-4-9-17-27/h3-25H,1-2H3. The van der Waals surface area contributed by atoms with E-state index in [1.54, 1.807) is 0 Å². The predicted octanol–water partition coefficient (Wildman–Crippen LogP) is 8.09. The van der Waals surface area contributed by atoms with Crippen LogP contribution in [0.15, 0.2) is 150 Å².